The lowest BCUT2D eigenvalue weighted by Gasteiger charge is -2.28. The zero-order chi connectivity index (χ0) is 18.4. The number of halogens is 4. The largest absolute Gasteiger partial charge is 0.460 e. The van der Waals surface area contributed by atoms with E-state index in [4.69, 9.17) is 6.11 Å². The van der Waals surface area contributed by atoms with Gasteiger partial charge in [-0.15, -0.1) is 0 Å². The third-order valence-electron chi connectivity index (χ3n) is 3.50. The summed E-state index contributed by atoms with van der Waals surface area (Å²) < 4.78 is 66.7. The Morgan fingerprint density at radius 1 is 1.21 bits per heavy atom. The average Bonchev–Trinajstić information content (AvgIpc) is 2.89. The molecule has 0 aliphatic heterocycles. The monoisotopic (exact) mass is 340 g/mol. The molecule has 3 rings (SSSR count). The molecule has 0 aromatic carbocycles. The Hall–Kier alpha value is -2.64. The third kappa shape index (κ3) is 2.91. The van der Waals surface area contributed by atoms with Crippen molar-refractivity contribution in [1.29, 1.82) is 0 Å². The second kappa shape index (κ2) is 5.47. The summed E-state index contributed by atoms with van der Waals surface area (Å²) in [5.74, 6) is -1.73. The summed E-state index contributed by atoms with van der Waals surface area (Å²) in [5.41, 5.74) is -1.16. The SMILES string of the molecule is [2H]c1cnn2ccc(-c3cnc(OC(C)(C)C(F)(F)F)c(F)c3)cc12. The quantitative estimate of drug-likeness (QED) is 0.669. The summed E-state index contributed by atoms with van der Waals surface area (Å²) in [5, 5.41) is 3.96. The first-order chi connectivity index (χ1) is 11.6. The molecule has 0 aliphatic carbocycles. The molecule has 24 heavy (non-hydrogen) atoms. The molecule has 3 aromatic heterocycles. The van der Waals surface area contributed by atoms with Gasteiger partial charge >= 0.3 is 6.18 Å². The van der Waals surface area contributed by atoms with Gasteiger partial charge in [0.1, 0.15) is 0 Å². The van der Waals surface area contributed by atoms with Gasteiger partial charge in [-0.2, -0.15) is 18.3 Å². The molecule has 8 heteroatoms. The lowest BCUT2D eigenvalue weighted by Crippen LogP contribution is -2.45. The van der Waals surface area contributed by atoms with Gasteiger partial charge in [0.05, 0.1) is 6.89 Å². The highest BCUT2D eigenvalue weighted by Gasteiger charge is 2.50. The number of ether oxygens (including phenoxy) is 1. The molecule has 0 aliphatic rings. The Balaban J connectivity index is 1.94. The fourth-order valence-electron chi connectivity index (χ4n) is 2.00. The van der Waals surface area contributed by atoms with Crippen molar-refractivity contribution in [2.24, 2.45) is 0 Å². The van der Waals surface area contributed by atoms with Crippen molar-refractivity contribution in [2.45, 2.75) is 25.6 Å². The first-order valence-corrected chi connectivity index (χ1v) is 6.94. The molecule has 0 amide bonds. The minimum absolute atomic E-state index is 0.196. The molecule has 0 fully saturated rings. The van der Waals surface area contributed by atoms with Crippen molar-refractivity contribution in [1.82, 2.24) is 14.6 Å². The van der Waals surface area contributed by atoms with E-state index in [1.54, 1.807) is 18.3 Å². The van der Waals surface area contributed by atoms with E-state index >= 15 is 0 Å². The number of alkyl halides is 3. The van der Waals surface area contributed by atoms with Gasteiger partial charge in [-0.25, -0.2) is 13.9 Å². The molecule has 4 nitrogen and oxygen atoms in total. The molecule has 0 N–H and O–H groups in total. The van der Waals surface area contributed by atoms with E-state index in [9.17, 15) is 17.6 Å². The van der Waals surface area contributed by atoms with Crippen molar-refractivity contribution in [2.75, 3.05) is 0 Å². The molecule has 0 radical (unpaired) electrons. The highest BCUT2D eigenvalue weighted by Crippen LogP contribution is 2.35. The van der Waals surface area contributed by atoms with E-state index in [1.807, 2.05) is 0 Å². The molecule has 126 valence electrons. The van der Waals surface area contributed by atoms with Crippen LogP contribution in [0.5, 0.6) is 5.88 Å². The lowest BCUT2D eigenvalue weighted by atomic mass is 10.1. The van der Waals surface area contributed by atoms with Gasteiger partial charge in [0.2, 0.25) is 0 Å². The summed E-state index contributed by atoms with van der Waals surface area (Å²) in [4.78, 5) is 3.68. The Kier molecular flexibility index (Phi) is 3.40. The van der Waals surface area contributed by atoms with Crippen LogP contribution in [0.4, 0.5) is 17.6 Å². The second-order valence-electron chi connectivity index (χ2n) is 5.66. The maximum Gasteiger partial charge on any atom is 0.427 e. The van der Waals surface area contributed by atoms with Gasteiger partial charge in [-0.3, -0.25) is 0 Å². The van der Waals surface area contributed by atoms with Crippen molar-refractivity contribution >= 4 is 5.52 Å². The fraction of sp³-hybridized carbons (Fsp3) is 0.250. The van der Waals surface area contributed by atoms with Gasteiger partial charge < -0.3 is 4.74 Å². The summed E-state index contributed by atoms with van der Waals surface area (Å²) in [6.45, 7) is 1.59. The minimum atomic E-state index is -4.67. The van der Waals surface area contributed by atoms with Crippen LogP contribution in [-0.2, 0) is 0 Å². The topological polar surface area (TPSA) is 39.4 Å². The fourth-order valence-corrected chi connectivity index (χ4v) is 2.00. The van der Waals surface area contributed by atoms with Crippen LogP contribution in [0.15, 0.2) is 42.8 Å². The van der Waals surface area contributed by atoms with Crippen molar-refractivity contribution in [3.8, 4) is 17.0 Å². The number of aromatic nitrogens is 3. The van der Waals surface area contributed by atoms with Gasteiger partial charge in [0.25, 0.3) is 5.88 Å². The van der Waals surface area contributed by atoms with Crippen LogP contribution in [0, 0.1) is 5.82 Å². The van der Waals surface area contributed by atoms with Crippen LogP contribution in [-0.4, -0.2) is 26.4 Å². The van der Waals surface area contributed by atoms with Crippen molar-refractivity contribution in [3.63, 3.8) is 0 Å². The number of pyridine rings is 2. The van der Waals surface area contributed by atoms with Crippen LogP contribution >= 0.6 is 0 Å². The van der Waals surface area contributed by atoms with Crippen molar-refractivity contribution < 1.29 is 23.7 Å². The predicted octanol–water partition coefficient (Wildman–Crippen LogP) is 4.26. The van der Waals surface area contributed by atoms with Crippen LogP contribution in [0.1, 0.15) is 15.2 Å². The number of fused-ring (bicyclic) bond motifs is 1. The van der Waals surface area contributed by atoms with E-state index in [2.05, 4.69) is 10.1 Å². The van der Waals surface area contributed by atoms with E-state index in [1.165, 1.54) is 16.9 Å². The maximum absolute atomic E-state index is 14.2. The number of hydrogen-bond acceptors (Lipinski definition) is 3. The van der Waals surface area contributed by atoms with E-state index in [-0.39, 0.29) is 6.04 Å². The number of rotatable bonds is 3. The van der Waals surface area contributed by atoms with Crippen LogP contribution < -0.4 is 4.74 Å². The van der Waals surface area contributed by atoms with Crippen LogP contribution in [0.3, 0.4) is 0 Å². The maximum atomic E-state index is 14.2. The van der Waals surface area contributed by atoms with Crippen molar-refractivity contribution in [3.05, 3.63) is 48.6 Å². The van der Waals surface area contributed by atoms with Gasteiger partial charge in [-0.1, -0.05) is 0 Å². The highest BCUT2D eigenvalue weighted by molar-refractivity contribution is 5.68. The molecule has 3 aromatic rings. The normalized spacial score (nSPS) is 13.2. The molecule has 3 heterocycles. The number of hydrogen-bond donors (Lipinski definition) is 0. The summed E-state index contributed by atoms with van der Waals surface area (Å²) in [6.07, 6.45) is -0.486. The minimum Gasteiger partial charge on any atom is -0.460 e. The van der Waals surface area contributed by atoms with Crippen LogP contribution in [0.2, 0.25) is 0 Å². The summed E-state index contributed by atoms with van der Waals surface area (Å²) in [6, 6.07) is 4.49. The zero-order valence-corrected chi connectivity index (χ0v) is 12.7. The first-order valence-electron chi connectivity index (χ1n) is 7.44. The molecule has 0 saturated carbocycles. The van der Waals surface area contributed by atoms with E-state index in [0.29, 0.717) is 16.6 Å². The first kappa shape index (κ1) is 14.9. The molecule has 0 unspecified atom stereocenters. The standard InChI is InChI=1S/C16H13F4N3O/c1-15(2,16(18,19)20)24-14-13(17)8-11(9-21-14)10-4-6-23-12(7-10)3-5-22-23/h3-9H,1-2H3/i3D. The third-order valence-corrected chi connectivity index (χ3v) is 3.50. The van der Waals surface area contributed by atoms with Gasteiger partial charge in [0, 0.05) is 24.2 Å². The Morgan fingerprint density at radius 2 is 1.96 bits per heavy atom. The zero-order valence-electron chi connectivity index (χ0n) is 13.7. The molecule has 0 bridgehead atoms. The lowest BCUT2D eigenvalue weighted by molar-refractivity contribution is -0.235. The molecular weight excluding hydrogens is 326 g/mol. The molecule has 0 spiro atoms. The summed E-state index contributed by atoms with van der Waals surface area (Å²) in [7, 11) is 0. The van der Waals surface area contributed by atoms with E-state index < -0.39 is 23.5 Å². The van der Waals surface area contributed by atoms with E-state index in [0.717, 1.165) is 19.9 Å². The van der Waals surface area contributed by atoms with Gasteiger partial charge in [-0.05, 0) is 43.7 Å². The van der Waals surface area contributed by atoms with Gasteiger partial charge in [0.15, 0.2) is 11.4 Å². The highest BCUT2D eigenvalue weighted by atomic mass is 19.4. The molecule has 0 saturated heterocycles. The smallest absolute Gasteiger partial charge is 0.427 e. The Bertz CT molecular complexity index is 937. The van der Waals surface area contributed by atoms with Crippen LogP contribution in [0.25, 0.3) is 16.6 Å². The summed E-state index contributed by atoms with van der Waals surface area (Å²) >= 11 is 0. The molecular formula is C16H13F4N3O. The average molecular weight is 340 g/mol. The predicted molar refractivity (Wildman–Crippen MR) is 79.1 cm³/mol. The molecule has 0 atom stereocenters. The Morgan fingerprint density at radius 3 is 2.62 bits per heavy atom. The second-order valence-corrected chi connectivity index (χ2v) is 5.66. The Labute approximate surface area is 136 Å². The number of nitrogens with zero attached hydrogens (tertiary/aromatic N) is 3.